The molecule has 0 aliphatic carbocycles. The van der Waals surface area contributed by atoms with Crippen molar-refractivity contribution < 1.29 is 4.79 Å². The minimum Gasteiger partial charge on any atom is -0.336 e. The summed E-state index contributed by atoms with van der Waals surface area (Å²) in [6, 6.07) is 18.1. The van der Waals surface area contributed by atoms with Gasteiger partial charge >= 0.3 is 0 Å². The second-order valence-electron chi connectivity index (χ2n) is 7.07. The van der Waals surface area contributed by atoms with Gasteiger partial charge < -0.3 is 9.80 Å². The van der Waals surface area contributed by atoms with Gasteiger partial charge in [0.1, 0.15) is 5.82 Å². The van der Waals surface area contributed by atoms with Gasteiger partial charge in [0, 0.05) is 56.5 Å². The van der Waals surface area contributed by atoms with Crippen LogP contribution in [0.5, 0.6) is 0 Å². The first kappa shape index (κ1) is 20.1. The van der Waals surface area contributed by atoms with E-state index in [4.69, 9.17) is 0 Å². The predicted molar refractivity (Wildman–Crippen MR) is 122 cm³/mol. The van der Waals surface area contributed by atoms with Gasteiger partial charge in [0.25, 0.3) is 5.91 Å². The van der Waals surface area contributed by atoms with Crippen LogP contribution < -0.4 is 4.90 Å². The minimum atomic E-state index is 0.0601. The largest absolute Gasteiger partial charge is 0.336 e. The summed E-state index contributed by atoms with van der Waals surface area (Å²) in [5.41, 5.74) is 1.71. The summed E-state index contributed by atoms with van der Waals surface area (Å²) < 4.78 is 1.16. The Morgan fingerprint density at radius 3 is 2.45 bits per heavy atom. The van der Waals surface area contributed by atoms with Crippen LogP contribution in [0.2, 0.25) is 0 Å². The Morgan fingerprint density at radius 1 is 1.07 bits per heavy atom. The topological polar surface area (TPSA) is 39.7 Å². The number of para-hydroxylation sites is 1. The van der Waals surface area contributed by atoms with E-state index in [1.54, 1.807) is 17.5 Å². The molecule has 3 aromatic rings. The van der Waals surface area contributed by atoms with Gasteiger partial charge in [-0.3, -0.25) is 9.69 Å². The Morgan fingerprint density at radius 2 is 1.83 bits per heavy atom. The minimum absolute atomic E-state index is 0.0601. The first-order valence-corrected chi connectivity index (χ1v) is 11.2. The second-order valence-corrected chi connectivity index (χ2v) is 9.62. The molecule has 5 nitrogen and oxygen atoms in total. The molecule has 1 saturated heterocycles. The Hall–Kier alpha value is -2.22. The van der Waals surface area contributed by atoms with Gasteiger partial charge in [-0.1, -0.05) is 18.2 Å². The molecule has 0 atom stereocenters. The van der Waals surface area contributed by atoms with Crippen molar-refractivity contribution in [3.8, 4) is 0 Å². The average molecular weight is 471 g/mol. The van der Waals surface area contributed by atoms with E-state index in [9.17, 15) is 4.79 Å². The highest BCUT2D eigenvalue weighted by Gasteiger charge is 2.23. The van der Waals surface area contributed by atoms with Crippen LogP contribution in [0.15, 0.2) is 64.6 Å². The number of hydrogen-bond donors (Lipinski definition) is 0. The molecule has 0 radical (unpaired) electrons. The molecular weight excluding hydrogens is 448 g/mol. The Bertz CT molecular complexity index is 952. The third kappa shape index (κ3) is 4.86. The molecule has 150 valence electrons. The summed E-state index contributed by atoms with van der Waals surface area (Å²) in [6.07, 6.45) is 1.69. The van der Waals surface area contributed by atoms with Crippen molar-refractivity contribution >= 4 is 44.7 Å². The van der Waals surface area contributed by atoms with Crippen LogP contribution >= 0.6 is 27.3 Å². The van der Waals surface area contributed by atoms with Crippen LogP contribution in [-0.2, 0) is 6.54 Å². The molecule has 2 aromatic heterocycles. The first-order valence-electron chi connectivity index (χ1n) is 9.61. The highest BCUT2D eigenvalue weighted by atomic mass is 79.9. The van der Waals surface area contributed by atoms with E-state index in [1.807, 2.05) is 59.3 Å². The molecule has 1 aliphatic heterocycles. The second kappa shape index (κ2) is 9.07. The van der Waals surface area contributed by atoms with E-state index in [0.717, 1.165) is 48.0 Å². The molecule has 1 amide bonds. The number of rotatable bonds is 5. The first-order chi connectivity index (χ1) is 14.1. The Balaban J connectivity index is 1.34. The predicted octanol–water partition coefficient (Wildman–Crippen LogP) is 4.63. The molecule has 29 heavy (non-hydrogen) atoms. The van der Waals surface area contributed by atoms with Crippen molar-refractivity contribution in [3.63, 3.8) is 0 Å². The van der Waals surface area contributed by atoms with Gasteiger partial charge in [-0.2, -0.15) is 0 Å². The zero-order chi connectivity index (χ0) is 20.2. The van der Waals surface area contributed by atoms with E-state index in [1.165, 1.54) is 4.88 Å². The summed E-state index contributed by atoms with van der Waals surface area (Å²) >= 11 is 5.29. The fourth-order valence-corrected chi connectivity index (χ4v) is 4.97. The zero-order valence-corrected chi connectivity index (χ0v) is 18.7. The molecule has 0 spiro atoms. The normalized spacial score (nSPS) is 14.8. The number of carbonyl (C=O) groups excluding carboxylic acids is 1. The third-order valence-electron chi connectivity index (χ3n) is 5.15. The lowest BCUT2D eigenvalue weighted by Gasteiger charge is -2.34. The molecule has 4 rings (SSSR count). The number of halogens is 1. The lowest BCUT2D eigenvalue weighted by molar-refractivity contribution is 0.0629. The quantitative estimate of drug-likeness (QED) is 0.544. The summed E-state index contributed by atoms with van der Waals surface area (Å²) in [5.74, 6) is 0.879. The lowest BCUT2D eigenvalue weighted by atomic mass is 10.2. The maximum absolute atomic E-state index is 12.9. The fourth-order valence-electron chi connectivity index (χ4n) is 3.44. The number of pyridine rings is 1. The molecule has 0 N–H and O–H groups in total. The van der Waals surface area contributed by atoms with Gasteiger partial charge in [-0.25, -0.2) is 4.98 Å². The fraction of sp³-hybridized carbons (Fsp3) is 0.273. The smallest absolute Gasteiger partial charge is 0.255 e. The molecule has 1 aliphatic rings. The molecule has 1 aromatic carbocycles. The van der Waals surface area contributed by atoms with Crippen molar-refractivity contribution in [2.75, 3.05) is 38.1 Å². The zero-order valence-electron chi connectivity index (χ0n) is 16.3. The van der Waals surface area contributed by atoms with E-state index in [-0.39, 0.29) is 5.91 Å². The number of nitrogens with zero attached hydrogens (tertiary/aromatic N) is 4. The van der Waals surface area contributed by atoms with Crippen molar-refractivity contribution in [2.24, 2.45) is 0 Å². The number of thiophene rings is 1. The third-order valence-corrected chi connectivity index (χ3v) is 6.76. The van der Waals surface area contributed by atoms with E-state index in [2.05, 4.69) is 37.9 Å². The van der Waals surface area contributed by atoms with Crippen molar-refractivity contribution in [2.45, 2.75) is 6.54 Å². The number of carbonyl (C=O) groups is 1. The van der Waals surface area contributed by atoms with Crippen molar-refractivity contribution in [1.82, 2.24) is 14.8 Å². The Kier molecular flexibility index (Phi) is 6.28. The summed E-state index contributed by atoms with van der Waals surface area (Å²) in [5, 5.41) is 0. The SMILES string of the molecule is CN(c1ccccc1)c1ccc(C(=O)N2CCN(Cc3ccc(Br)s3)CC2)cn1. The maximum atomic E-state index is 12.9. The van der Waals surface area contributed by atoms with Crippen LogP contribution in [0, 0.1) is 0 Å². The number of benzene rings is 1. The van der Waals surface area contributed by atoms with Crippen molar-refractivity contribution in [1.29, 1.82) is 0 Å². The van der Waals surface area contributed by atoms with Gasteiger partial charge in [0.2, 0.25) is 0 Å². The number of anilines is 2. The molecular formula is C22H23BrN4OS. The van der Waals surface area contributed by atoms with Crippen LogP contribution in [0.3, 0.4) is 0 Å². The molecule has 1 fully saturated rings. The Labute approximate surface area is 183 Å². The van der Waals surface area contributed by atoms with Gasteiger partial charge in [0.15, 0.2) is 0 Å². The number of aromatic nitrogens is 1. The summed E-state index contributed by atoms with van der Waals surface area (Å²) in [4.78, 5) is 25.1. The summed E-state index contributed by atoms with van der Waals surface area (Å²) in [7, 11) is 1.98. The van der Waals surface area contributed by atoms with Crippen LogP contribution in [0.4, 0.5) is 11.5 Å². The van der Waals surface area contributed by atoms with Gasteiger partial charge in [-0.05, 0) is 52.3 Å². The highest BCUT2D eigenvalue weighted by molar-refractivity contribution is 9.11. The van der Waals surface area contributed by atoms with Crippen LogP contribution in [0.1, 0.15) is 15.2 Å². The van der Waals surface area contributed by atoms with Crippen LogP contribution in [-0.4, -0.2) is 53.9 Å². The standard InChI is InChI=1S/C22H23BrN4OS/c1-25(18-5-3-2-4-6-18)21-10-7-17(15-24-21)22(28)27-13-11-26(12-14-27)16-19-8-9-20(23)29-19/h2-10,15H,11-14,16H2,1H3. The van der Waals surface area contributed by atoms with E-state index < -0.39 is 0 Å². The highest BCUT2D eigenvalue weighted by Crippen LogP contribution is 2.24. The van der Waals surface area contributed by atoms with E-state index >= 15 is 0 Å². The molecule has 0 saturated carbocycles. The molecule has 3 heterocycles. The molecule has 0 unspecified atom stereocenters. The van der Waals surface area contributed by atoms with Crippen LogP contribution in [0.25, 0.3) is 0 Å². The number of piperazine rings is 1. The monoisotopic (exact) mass is 470 g/mol. The molecule has 7 heteroatoms. The lowest BCUT2D eigenvalue weighted by Crippen LogP contribution is -2.48. The van der Waals surface area contributed by atoms with E-state index in [0.29, 0.717) is 5.56 Å². The average Bonchev–Trinajstić information content (AvgIpc) is 3.18. The number of hydrogen-bond acceptors (Lipinski definition) is 5. The molecule has 0 bridgehead atoms. The number of amides is 1. The summed E-state index contributed by atoms with van der Waals surface area (Å²) in [6.45, 7) is 4.22. The van der Waals surface area contributed by atoms with Gasteiger partial charge in [0.05, 0.1) is 9.35 Å². The van der Waals surface area contributed by atoms with Gasteiger partial charge in [-0.15, -0.1) is 11.3 Å². The maximum Gasteiger partial charge on any atom is 0.255 e. The van der Waals surface area contributed by atoms with Crippen molar-refractivity contribution in [3.05, 3.63) is 75.0 Å².